The average Bonchev–Trinajstić information content (AvgIpc) is 3.33. The highest BCUT2D eigenvalue weighted by Crippen LogP contribution is 2.32. The lowest BCUT2D eigenvalue weighted by Crippen LogP contribution is -2.18. The number of aryl methyl sites for hydroxylation is 1. The van der Waals surface area contributed by atoms with Crippen LogP contribution >= 0.6 is 0 Å². The van der Waals surface area contributed by atoms with E-state index in [4.69, 9.17) is 15.2 Å². The van der Waals surface area contributed by atoms with Crippen LogP contribution in [0.3, 0.4) is 0 Å². The number of hydrogen-bond donors (Lipinski definition) is 1. The summed E-state index contributed by atoms with van der Waals surface area (Å²) in [6, 6.07) is 10.0. The average molecular weight is 375 g/mol. The van der Waals surface area contributed by atoms with Gasteiger partial charge in [-0.1, -0.05) is 0 Å². The van der Waals surface area contributed by atoms with Gasteiger partial charge >= 0.3 is 0 Å². The molecule has 1 aromatic carbocycles. The number of rotatable bonds is 4. The van der Waals surface area contributed by atoms with E-state index in [-0.39, 0.29) is 12.3 Å². The van der Waals surface area contributed by atoms with Crippen LogP contribution in [0.2, 0.25) is 0 Å². The van der Waals surface area contributed by atoms with E-state index in [0.717, 1.165) is 46.1 Å². The van der Waals surface area contributed by atoms with Crippen LogP contribution in [-0.2, 0) is 4.74 Å². The third-order valence-corrected chi connectivity index (χ3v) is 5.16. The number of benzene rings is 1. The Kier molecular flexibility index (Phi) is 4.09. The van der Waals surface area contributed by atoms with Gasteiger partial charge in [0.25, 0.3) is 0 Å². The second-order valence-electron chi connectivity index (χ2n) is 7.19. The molecule has 2 N–H and O–H groups in total. The molecule has 7 heteroatoms. The summed E-state index contributed by atoms with van der Waals surface area (Å²) in [4.78, 5) is 12.9. The summed E-state index contributed by atoms with van der Waals surface area (Å²) >= 11 is 0. The number of ether oxygens (including phenoxy) is 2. The molecule has 4 heterocycles. The van der Waals surface area contributed by atoms with Gasteiger partial charge in [0.15, 0.2) is 0 Å². The topological polar surface area (TPSA) is 88.1 Å². The van der Waals surface area contributed by atoms with E-state index in [1.54, 1.807) is 0 Å². The van der Waals surface area contributed by atoms with Gasteiger partial charge in [0, 0.05) is 23.8 Å². The highest BCUT2D eigenvalue weighted by molar-refractivity contribution is 5.86. The summed E-state index contributed by atoms with van der Waals surface area (Å²) in [5.74, 6) is 1.30. The fourth-order valence-corrected chi connectivity index (χ4v) is 3.73. The number of nitrogens with two attached hydrogens (primary N) is 1. The van der Waals surface area contributed by atoms with Crippen molar-refractivity contribution in [2.24, 2.45) is 0 Å². The lowest BCUT2D eigenvalue weighted by molar-refractivity contribution is -0.0156. The minimum Gasteiger partial charge on any atom is -0.491 e. The summed E-state index contributed by atoms with van der Waals surface area (Å²) in [6.45, 7) is 2.54. The van der Waals surface area contributed by atoms with Crippen molar-refractivity contribution in [3.63, 3.8) is 0 Å². The zero-order valence-electron chi connectivity index (χ0n) is 15.6. The van der Waals surface area contributed by atoms with Crippen LogP contribution in [0.5, 0.6) is 5.75 Å². The van der Waals surface area contributed by atoms with Crippen molar-refractivity contribution in [2.75, 3.05) is 12.3 Å². The van der Waals surface area contributed by atoms with E-state index in [2.05, 4.69) is 21.0 Å². The van der Waals surface area contributed by atoms with Crippen molar-refractivity contribution < 1.29 is 9.47 Å². The molecule has 1 saturated heterocycles. The Bertz CT molecular complexity index is 1160. The number of nitrogen functional groups attached to an aromatic ring is 1. The number of pyridine rings is 1. The lowest BCUT2D eigenvalue weighted by Gasteiger charge is -2.16. The molecule has 0 aliphatic carbocycles. The van der Waals surface area contributed by atoms with Crippen molar-refractivity contribution in [2.45, 2.75) is 32.1 Å². The van der Waals surface area contributed by atoms with Crippen molar-refractivity contribution in [1.29, 1.82) is 0 Å². The van der Waals surface area contributed by atoms with Gasteiger partial charge in [0.05, 0.1) is 17.0 Å². The Labute approximate surface area is 162 Å². The summed E-state index contributed by atoms with van der Waals surface area (Å²) < 4.78 is 14.2. The second-order valence-corrected chi connectivity index (χ2v) is 7.19. The maximum Gasteiger partial charge on any atom is 0.147 e. The molecule has 2 unspecified atom stereocenters. The monoisotopic (exact) mass is 375 g/mol. The molecule has 0 amide bonds. The highest BCUT2D eigenvalue weighted by atomic mass is 16.6. The minimum atomic E-state index is -0.0679. The third-order valence-electron chi connectivity index (χ3n) is 5.16. The Balaban J connectivity index is 1.26. The Morgan fingerprint density at radius 3 is 3.04 bits per heavy atom. The van der Waals surface area contributed by atoms with Crippen molar-refractivity contribution in [3.05, 3.63) is 54.6 Å². The standard InChI is InChI=1S/C21H21N5O2/c1-13-8-14-2-3-15(9-18(14)23-10-13)27-11-16-4-5-19(28-16)26-7-6-17-20(22)24-12-25-21(17)26/h2-3,6-10,12,16,19H,4-5,11H2,1H3,(H2,22,24,25). The maximum atomic E-state index is 6.20. The zero-order valence-corrected chi connectivity index (χ0v) is 15.6. The molecule has 0 saturated carbocycles. The van der Waals surface area contributed by atoms with Crippen molar-refractivity contribution >= 4 is 27.8 Å². The number of nitrogens with zero attached hydrogens (tertiary/aromatic N) is 4. The Morgan fingerprint density at radius 2 is 2.11 bits per heavy atom. The normalized spacial score (nSPS) is 19.5. The van der Waals surface area contributed by atoms with Gasteiger partial charge in [0.1, 0.15) is 36.4 Å². The fraction of sp³-hybridized carbons (Fsp3) is 0.286. The number of aromatic nitrogens is 4. The lowest BCUT2D eigenvalue weighted by atomic mass is 10.2. The first-order valence-electron chi connectivity index (χ1n) is 9.39. The molecule has 4 aromatic rings. The first-order valence-corrected chi connectivity index (χ1v) is 9.39. The number of anilines is 1. The minimum absolute atomic E-state index is 0.0308. The molecular formula is C21H21N5O2. The predicted molar refractivity (Wildman–Crippen MR) is 107 cm³/mol. The van der Waals surface area contributed by atoms with Gasteiger partial charge < -0.3 is 19.8 Å². The highest BCUT2D eigenvalue weighted by Gasteiger charge is 2.28. The predicted octanol–water partition coefficient (Wildman–Crippen LogP) is 3.63. The molecule has 1 aliphatic rings. The molecule has 1 aliphatic heterocycles. The molecule has 5 rings (SSSR count). The van der Waals surface area contributed by atoms with Crippen LogP contribution in [0.1, 0.15) is 24.6 Å². The molecular weight excluding hydrogens is 354 g/mol. The van der Waals surface area contributed by atoms with Crippen molar-refractivity contribution in [3.8, 4) is 5.75 Å². The van der Waals surface area contributed by atoms with Gasteiger partial charge in [-0.25, -0.2) is 9.97 Å². The summed E-state index contributed by atoms with van der Waals surface area (Å²) in [7, 11) is 0. The van der Waals surface area contributed by atoms with Gasteiger partial charge in [0.2, 0.25) is 0 Å². The first-order chi connectivity index (χ1) is 13.7. The molecule has 1 fully saturated rings. The third kappa shape index (κ3) is 3.03. The van der Waals surface area contributed by atoms with E-state index in [0.29, 0.717) is 12.4 Å². The second kappa shape index (κ2) is 6.76. The van der Waals surface area contributed by atoms with Crippen molar-refractivity contribution in [1.82, 2.24) is 19.5 Å². The largest absolute Gasteiger partial charge is 0.491 e. The molecule has 28 heavy (non-hydrogen) atoms. The fourth-order valence-electron chi connectivity index (χ4n) is 3.73. The SMILES string of the molecule is Cc1cnc2cc(OCC3CCC(n4ccc5c(N)ncnc54)O3)ccc2c1. The Morgan fingerprint density at radius 1 is 1.18 bits per heavy atom. The summed E-state index contributed by atoms with van der Waals surface area (Å²) in [5, 5.41) is 1.97. The van der Waals surface area contributed by atoms with E-state index in [9.17, 15) is 0 Å². The number of hydrogen-bond acceptors (Lipinski definition) is 6. The van der Waals surface area contributed by atoms with Crippen LogP contribution in [0.4, 0.5) is 5.82 Å². The van der Waals surface area contributed by atoms with E-state index >= 15 is 0 Å². The Hall–Kier alpha value is -3.19. The smallest absolute Gasteiger partial charge is 0.147 e. The van der Waals surface area contributed by atoms with Crippen LogP contribution in [0.15, 0.2) is 49.1 Å². The van der Waals surface area contributed by atoms with Crippen LogP contribution in [-0.4, -0.2) is 32.2 Å². The van der Waals surface area contributed by atoms with Gasteiger partial charge in [-0.2, -0.15) is 0 Å². The molecule has 2 atom stereocenters. The van der Waals surface area contributed by atoms with Gasteiger partial charge in [-0.15, -0.1) is 0 Å². The van der Waals surface area contributed by atoms with E-state index in [1.165, 1.54) is 6.33 Å². The summed E-state index contributed by atoms with van der Waals surface area (Å²) in [5.41, 5.74) is 8.81. The van der Waals surface area contributed by atoms with Crippen LogP contribution < -0.4 is 10.5 Å². The molecule has 0 bridgehead atoms. The number of fused-ring (bicyclic) bond motifs is 2. The van der Waals surface area contributed by atoms with Crippen LogP contribution in [0, 0.1) is 6.92 Å². The van der Waals surface area contributed by atoms with Gasteiger partial charge in [-0.05, 0) is 49.6 Å². The quantitative estimate of drug-likeness (QED) is 0.586. The summed E-state index contributed by atoms with van der Waals surface area (Å²) in [6.07, 6.45) is 7.11. The van der Waals surface area contributed by atoms with Gasteiger partial charge in [-0.3, -0.25) is 4.98 Å². The van der Waals surface area contributed by atoms with E-state index < -0.39 is 0 Å². The molecule has 0 radical (unpaired) electrons. The molecule has 0 spiro atoms. The van der Waals surface area contributed by atoms with Crippen LogP contribution in [0.25, 0.3) is 21.9 Å². The maximum absolute atomic E-state index is 6.20. The zero-order chi connectivity index (χ0) is 19.1. The van der Waals surface area contributed by atoms with E-state index in [1.807, 2.05) is 48.1 Å². The molecule has 142 valence electrons. The first kappa shape index (κ1) is 16.9. The molecule has 7 nitrogen and oxygen atoms in total. The molecule has 3 aromatic heterocycles.